The molecule has 2 aromatic carbocycles. The second kappa shape index (κ2) is 5.41. The highest BCUT2D eigenvalue weighted by molar-refractivity contribution is 7.92. The Morgan fingerprint density at radius 1 is 1.08 bits per heavy atom. The molecule has 0 aliphatic carbocycles. The number of aryl methyl sites for hydroxylation is 1. The Kier molecular flexibility index (Phi) is 3.34. The van der Waals surface area contributed by atoms with E-state index in [1.165, 1.54) is 12.1 Å². The molecule has 0 amide bonds. The van der Waals surface area contributed by atoms with Crippen LogP contribution in [0.5, 0.6) is 5.75 Å². The van der Waals surface area contributed by atoms with Crippen LogP contribution in [0.2, 0.25) is 0 Å². The van der Waals surface area contributed by atoms with Crippen molar-refractivity contribution in [3.63, 3.8) is 0 Å². The maximum atomic E-state index is 12.7. The number of hydrogen-bond acceptors (Lipinski definition) is 4. The molecule has 1 aliphatic heterocycles. The number of benzene rings is 2. The number of aromatic amines is 2. The van der Waals surface area contributed by atoms with E-state index in [1.807, 2.05) is 6.07 Å². The van der Waals surface area contributed by atoms with Crippen molar-refractivity contribution >= 4 is 26.7 Å². The number of imidazole rings is 1. The van der Waals surface area contributed by atoms with Gasteiger partial charge in [-0.2, -0.15) is 0 Å². The molecule has 1 aliphatic rings. The fraction of sp³-hybridized carbons (Fsp3) is 0.188. The lowest BCUT2D eigenvalue weighted by Crippen LogP contribution is -2.16. The first-order valence-electron chi connectivity index (χ1n) is 7.52. The topological polar surface area (TPSA) is 104 Å². The number of anilines is 1. The number of fused-ring (bicyclic) bond motifs is 2. The van der Waals surface area contributed by atoms with Gasteiger partial charge in [-0.05, 0) is 42.7 Å². The second-order valence-corrected chi connectivity index (χ2v) is 7.32. The van der Waals surface area contributed by atoms with E-state index in [-0.39, 0.29) is 10.6 Å². The molecule has 124 valence electrons. The van der Waals surface area contributed by atoms with Crippen molar-refractivity contribution in [3.05, 3.63) is 52.4 Å². The molecule has 7 nitrogen and oxygen atoms in total. The molecular formula is C16H15N3O4S. The van der Waals surface area contributed by atoms with Crippen molar-refractivity contribution < 1.29 is 13.2 Å². The molecule has 0 unspecified atom stereocenters. The Morgan fingerprint density at radius 2 is 1.92 bits per heavy atom. The third kappa shape index (κ3) is 2.54. The molecule has 2 heterocycles. The average molecular weight is 345 g/mol. The SMILES string of the molecule is O=c1[nH]c2ccc(S(=O)(=O)Nc3cccc4c3OCCC4)cc2[nH]1. The summed E-state index contributed by atoms with van der Waals surface area (Å²) in [5.41, 5.74) is 2.04. The first-order chi connectivity index (χ1) is 11.5. The largest absolute Gasteiger partial charge is 0.491 e. The number of rotatable bonds is 3. The van der Waals surface area contributed by atoms with Crippen LogP contribution in [0.1, 0.15) is 12.0 Å². The van der Waals surface area contributed by atoms with Crippen molar-refractivity contribution in [2.45, 2.75) is 17.7 Å². The van der Waals surface area contributed by atoms with Crippen molar-refractivity contribution in [1.29, 1.82) is 0 Å². The quantitative estimate of drug-likeness (QED) is 0.675. The summed E-state index contributed by atoms with van der Waals surface area (Å²) in [4.78, 5) is 16.5. The maximum absolute atomic E-state index is 12.7. The van der Waals surface area contributed by atoms with Crippen LogP contribution < -0.4 is 15.1 Å². The second-order valence-electron chi connectivity index (χ2n) is 5.64. The minimum absolute atomic E-state index is 0.0682. The van der Waals surface area contributed by atoms with E-state index in [2.05, 4.69) is 14.7 Å². The lowest BCUT2D eigenvalue weighted by atomic mass is 10.1. The molecule has 0 spiro atoms. The van der Waals surface area contributed by atoms with Crippen LogP contribution in [0.3, 0.4) is 0 Å². The highest BCUT2D eigenvalue weighted by Gasteiger charge is 2.20. The van der Waals surface area contributed by atoms with Crippen LogP contribution >= 0.6 is 0 Å². The highest BCUT2D eigenvalue weighted by atomic mass is 32.2. The maximum Gasteiger partial charge on any atom is 0.323 e. The van der Waals surface area contributed by atoms with Crippen molar-refractivity contribution in [2.24, 2.45) is 0 Å². The number of aromatic nitrogens is 2. The van der Waals surface area contributed by atoms with Gasteiger partial charge in [0.1, 0.15) is 5.75 Å². The molecule has 0 radical (unpaired) electrons. The van der Waals surface area contributed by atoms with Gasteiger partial charge in [-0.1, -0.05) is 12.1 Å². The Labute approximate surface area is 137 Å². The van der Waals surface area contributed by atoms with Crippen LogP contribution in [-0.4, -0.2) is 25.0 Å². The first-order valence-corrected chi connectivity index (χ1v) is 9.01. The van der Waals surface area contributed by atoms with Gasteiger partial charge >= 0.3 is 5.69 Å². The molecule has 3 N–H and O–H groups in total. The minimum atomic E-state index is -3.79. The zero-order chi connectivity index (χ0) is 16.7. The van der Waals surface area contributed by atoms with Crippen molar-refractivity contribution in [2.75, 3.05) is 11.3 Å². The van der Waals surface area contributed by atoms with Gasteiger partial charge in [0, 0.05) is 0 Å². The number of H-pyrrole nitrogens is 2. The Bertz CT molecular complexity index is 1080. The molecule has 4 rings (SSSR count). The smallest absolute Gasteiger partial charge is 0.323 e. The number of para-hydroxylation sites is 1. The predicted molar refractivity (Wildman–Crippen MR) is 90.0 cm³/mol. The van der Waals surface area contributed by atoms with E-state index in [0.29, 0.717) is 29.1 Å². The highest BCUT2D eigenvalue weighted by Crippen LogP contribution is 2.34. The van der Waals surface area contributed by atoms with Crippen LogP contribution in [0.15, 0.2) is 46.1 Å². The molecule has 0 fully saturated rings. The van der Waals surface area contributed by atoms with Crippen molar-refractivity contribution in [3.8, 4) is 5.75 Å². The molecule has 0 bridgehead atoms. The Morgan fingerprint density at radius 3 is 2.79 bits per heavy atom. The molecule has 1 aromatic heterocycles. The predicted octanol–water partition coefficient (Wildman–Crippen LogP) is 1.98. The zero-order valence-corrected chi connectivity index (χ0v) is 13.4. The van der Waals surface area contributed by atoms with Gasteiger partial charge in [-0.25, -0.2) is 13.2 Å². The lowest BCUT2D eigenvalue weighted by molar-refractivity contribution is 0.290. The van der Waals surface area contributed by atoms with Gasteiger partial charge in [0.2, 0.25) is 0 Å². The number of sulfonamides is 1. The van der Waals surface area contributed by atoms with Crippen LogP contribution in [0.25, 0.3) is 11.0 Å². The van der Waals surface area contributed by atoms with Gasteiger partial charge in [-0.15, -0.1) is 0 Å². The number of nitrogens with one attached hydrogen (secondary N) is 3. The van der Waals surface area contributed by atoms with Gasteiger partial charge in [0.25, 0.3) is 10.0 Å². The molecule has 3 aromatic rings. The molecule has 0 atom stereocenters. The van der Waals surface area contributed by atoms with Gasteiger partial charge < -0.3 is 14.7 Å². The Balaban J connectivity index is 1.73. The van der Waals surface area contributed by atoms with Crippen LogP contribution in [0, 0.1) is 0 Å². The molecule has 24 heavy (non-hydrogen) atoms. The molecular weight excluding hydrogens is 330 g/mol. The number of hydrogen-bond donors (Lipinski definition) is 3. The summed E-state index contributed by atoms with van der Waals surface area (Å²) in [5.74, 6) is 0.587. The fourth-order valence-corrected chi connectivity index (χ4v) is 3.94. The van der Waals surface area contributed by atoms with Crippen LogP contribution in [0.4, 0.5) is 5.69 Å². The summed E-state index contributed by atoms with van der Waals surface area (Å²) >= 11 is 0. The van der Waals surface area contributed by atoms with Crippen LogP contribution in [-0.2, 0) is 16.4 Å². The summed E-state index contributed by atoms with van der Waals surface area (Å²) in [7, 11) is -3.79. The summed E-state index contributed by atoms with van der Waals surface area (Å²) in [6.07, 6.45) is 1.78. The lowest BCUT2D eigenvalue weighted by Gasteiger charge is -2.20. The monoisotopic (exact) mass is 345 g/mol. The summed E-state index contributed by atoms with van der Waals surface area (Å²) in [6.45, 7) is 0.572. The fourth-order valence-electron chi connectivity index (χ4n) is 2.85. The standard InChI is InChI=1S/C16H15N3O4S/c20-16-17-12-7-6-11(9-14(12)18-16)24(21,22)19-13-5-1-3-10-4-2-8-23-15(10)13/h1,3,5-7,9,19H,2,4,8H2,(H2,17,18,20). The molecule has 0 saturated heterocycles. The number of ether oxygens (including phenoxy) is 1. The minimum Gasteiger partial charge on any atom is -0.491 e. The average Bonchev–Trinajstić information content (AvgIpc) is 2.94. The summed E-state index contributed by atoms with van der Waals surface area (Å²) < 4.78 is 33.5. The molecule has 8 heteroatoms. The van der Waals surface area contributed by atoms with E-state index in [0.717, 1.165) is 18.4 Å². The third-order valence-electron chi connectivity index (χ3n) is 3.98. The zero-order valence-electron chi connectivity index (χ0n) is 12.6. The van der Waals surface area contributed by atoms with E-state index in [4.69, 9.17) is 4.74 Å². The van der Waals surface area contributed by atoms with Gasteiger partial charge in [0.15, 0.2) is 0 Å². The summed E-state index contributed by atoms with van der Waals surface area (Å²) in [5, 5.41) is 0. The van der Waals surface area contributed by atoms with Gasteiger partial charge in [0.05, 0.1) is 28.2 Å². The normalized spacial score (nSPS) is 14.2. The van der Waals surface area contributed by atoms with E-state index in [1.54, 1.807) is 18.2 Å². The first kappa shape index (κ1) is 14.8. The Hall–Kier alpha value is -2.74. The van der Waals surface area contributed by atoms with E-state index < -0.39 is 10.0 Å². The van der Waals surface area contributed by atoms with E-state index in [9.17, 15) is 13.2 Å². The van der Waals surface area contributed by atoms with E-state index >= 15 is 0 Å². The summed E-state index contributed by atoms with van der Waals surface area (Å²) in [6, 6.07) is 9.84. The van der Waals surface area contributed by atoms with Gasteiger partial charge in [-0.3, -0.25) is 4.72 Å². The molecule has 0 saturated carbocycles. The third-order valence-corrected chi connectivity index (χ3v) is 5.34. The van der Waals surface area contributed by atoms with Crippen molar-refractivity contribution in [1.82, 2.24) is 9.97 Å².